The molecular weight excluding hydrogens is 424 g/mol. The lowest BCUT2D eigenvalue weighted by Crippen LogP contribution is -2.12. The van der Waals surface area contributed by atoms with E-state index in [0.717, 1.165) is 17.7 Å². The van der Waals surface area contributed by atoms with Crippen molar-refractivity contribution in [2.24, 2.45) is 0 Å². The molecule has 0 spiro atoms. The minimum Gasteiger partial charge on any atom is -0.319 e. The van der Waals surface area contributed by atoms with Crippen LogP contribution in [0.2, 0.25) is 0 Å². The quantitative estimate of drug-likeness (QED) is 0.326. The largest absolute Gasteiger partial charge is 0.319 e. The topological polar surface area (TPSA) is 126 Å². The van der Waals surface area contributed by atoms with Crippen molar-refractivity contribution in [2.75, 3.05) is 5.32 Å². The van der Waals surface area contributed by atoms with E-state index in [0.29, 0.717) is 35.7 Å². The van der Waals surface area contributed by atoms with Crippen LogP contribution in [-0.2, 0) is 19.6 Å². The summed E-state index contributed by atoms with van der Waals surface area (Å²) >= 11 is 0. The highest BCUT2D eigenvalue weighted by molar-refractivity contribution is 6.04. The summed E-state index contributed by atoms with van der Waals surface area (Å²) in [6.45, 7) is 7.07. The van der Waals surface area contributed by atoms with Gasteiger partial charge in [-0.1, -0.05) is 12.1 Å². The van der Waals surface area contributed by atoms with E-state index in [4.69, 9.17) is 0 Å². The highest BCUT2D eigenvalue weighted by Gasteiger charge is 2.21. The minimum atomic E-state index is -0.415. The van der Waals surface area contributed by atoms with Crippen molar-refractivity contribution in [1.29, 1.82) is 0 Å². The van der Waals surface area contributed by atoms with E-state index in [1.807, 2.05) is 29.9 Å². The van der Waals surface area contributed by atoms with E-state index in [-0.39, 0.29) is 11.6 Å². The number of anilines is 1. The number of nitro groups is 1. The van der Waals surface area contributed by atoms with Gasteiger partial charge >= 0.3 is 5.69 Å². The number of benzene rings is 1. The maximum absolute atomic E-state index is 12.6. The standard InChI is InChI=1S/C22H24N8O3/c1-4-27-11-18(9-23-27)12-28-14-20(10-24-28)25-22(31)19-7-5-17(6-8-19)13-29-16(3)21(30(32)33)15(2)26-29/h5-11,14H,4,12-13H2,1-3H3,(H,25,31). The lowest BCUT2D eigenvalue weighted by molar-refractivity contribution is -0.386. The number of aromatic nitrogens is 6. The van der Waals surface area contributed by atoms with Gasteiger partial charge in [-0.3, -0.25) is 29.0 Å². The van der Waals surface area contributed by atoms with Gasteiger partial charge in [-0.25, -0.2) is 0 Å². The summed E-state index contributed by atoms with van der Waals surface area (Å²) < 4.78 is 5.19. The Hall–Kier alpha value is -4.28. The van der Waals surface area contributed by atoms with Crippen molar-refractivity contribution in [2.45, 2.75) is 40.4 Å². The molecule has 3 heterocycles. The van der Waals surface area contributed by atoms with Gasteiger partial charge in [0.2, 0.25) is 0 Å². The third kappa shape index (κ3) is 4.81. The van der Waals surface area contributed by atoms with Crippen LogP contribution in [-0.4, -0.2) is 40.2 Å². The fraction of sp³-hybridized carbons (Fsp3) is 0.273. The van der Waals surface area contributed by atoms with Crippen LogP contribution in [0.4, 0.5) is 11.4 Å². The average molecular weight is 448 g/mol. The summed E-state index contributed by atoms with van der Waals surface area (Å²) in [7, 11) is 0. The maximum atomic E-state index is 12.6. The maximum Gasteiger partial charge on any atom is 0.312 e. The molecule has 1 amide bonds. The van der Waals surface area contributed by atoms with Gasteiger partial charge in [-0.05, 0) is 38.5 Å². The van der Waals surface area contributed by atoms with Crippen LogP contribution >= 0.6 is 0 Å². The van der Waals surface area contributed by atoms with E-state index in [9.17, 15) is 14.9 Å². The molecule has 0 aliphatic carbocycles. The van der Waals surface area contributed by atoms with Crippen molar-refractivity contribution in [3.8, 4) is 0 Å². The minimum absolute atomic E-state index is 0.0331. The van der Waals surface area contributed by atoms with E-state index >= 15 is 0 Å². The summed E-state index contributed by atoms with van der Waals surface area (Å²) in [5.74, 6) is -0.248. The normalized spacial score (nSPS) is 11.0. The van der Waals surface area contributed by atoms with Crippen molar-refractivity contribution >= 4 is 17.3 Å². The summed E-state index contributed by atoms with van der Waals surface area (Å²) in [6.07, 6.45) is 7.14. The first kappa shape index (κ1) is 21.9. The van der Waals surface area contributed by atoms with Gasteiger partial charge < -0.3 is 5.32 Å². The Labute approximate surface area is 189 Å². The third-order valence-electron chi connectivity index (χ3n) is 5.32. The molecule has 1 N–H and O–H groups in total. The molecule has 0 unspecified atom stereocenters. The molecule has 0 radical (unpaired) electrons. The van der Waals surface area contributed by atoms with E-state index in [1.54, 1.807) is 53.9 Å². The smallest absolute Gasteiger partial charge is 0.312 e. The predicted molar refractivity (Wildman–Crippen MR) is 121 cm³/mol. The van der Waals surface area contributed by atoms with Gasteiger partial charge in [-0.2, -0.15) is 15.3 Å². The number of hydrogen-bond acceptors (Lipinski definition) is 6. The lowest BCUT2D eigenvalue weighted by Gasteiger charge is -2.06. The Morgan fingerprint density at radius 1 is 1.03 bits per heavy atom. The van der Waals surface area contributed by atoms with Crippen molar-refractivity contribution in [3.05, 3.63) is 87.2 Å². The number of hydrogen-bond donors (Lipinski definition) is 1. The second-order valence-electron chi connectivity index (χ2n) is 7.72. The number of nitrogens with one attached hydrogen (secondary N) is 1. The van der Waals surface area contributed by atoms with E-state index in [2.05, 4.69) is 20.6 Å². The molecule has 0 aliphatic heterocycles. The van der Waals surface area contributed by atoms with E-state index in [1.165, 1.54) is 0 Å². The third-order valence-corrected chi connectivity index (χ3v) is 5.32. The number of carbonyl (C=O) groups is 1. The molecule has 0 saturated carbocycles. The van der Waals surface area contributed by atoms with Crippen molar-refractivity contribution < 1.29 is 9.72 Å². The molecule has 0 fully saturated rings. The average Bonchev–Trinajstić information content (AvgIpc) is 3.49. The second-order valence-corrected chi connectivity index (χ2v) is 7.72. The Balaban J connectivity index is 1.38. The molecule has 33 heavy (non-hydrogen) atoms. The van der Waals surface area contributed by atoms with Crippen LogP contribution in [0.15, 0.2) is 49.1 Å². The Kier molecular flexibility index (Phi) is 6.03. The number of nitrogens with zero attached hydrogens (tertiary/aromatic N) is 7. The van der Waals surface area contributed by atoms with Gasteiger partial charge in [0.15, 0.2) is 0 Å². The number of aryl methyl sites for hydroxylation is 2. The zero-order chi connectivity index (χ0) is 23.5. The van der Waals surface area contributed by atoms with Crippen molar-refractivity contribution in [1.82, 2.24) is 29.3 Å². The molecule has 1 aromatic carbocycles. The fourth-order valence-corrected chi connectivity index (χ4v) is 3.61. The SMILES string of the molecule is CCn1cc(Cn2cc(NC(=O)c3ccc(Cn4nc(C)c([N+](=O)[O-])c4C)cc3)cn2)cn1. The molecule has 0 saturated heterocycles. The molecular formula is C22H24N8O3. The number of amides is 1. The molecule has 11 heteroatoms. The van der Waals surface area contributed by atoms with Crippen molar-refractivity contribution in [3.63, 3.8) is 0 Å². The molecule has 4 rings (SSSR count). The summed E-state index contributed by atoms with van der Waals surface area (Å²) in [5.41, 5.74) is 3.92. The lowest BCUT2D eigenvalue weighted by atomic mass is 10.1. The first-order valence-corrected chi connectivity index (χ1v) is 10.5. The monoisotopic (exact) mass is 448 g/mol. The van der Waals surface area contributed by atoms with Crippen LogP contribution in [0.3, 0.4) is 0 Å². The first-order chi connectivity index (χ1) is 15.8. The van der Waals surface area contributed by atoms with E-state index < -0.39 is 4.92 Å². The Morgan fingerprint density at radius 2 is 1.76 bits per heavy atom. The van der Waals surface area contributed by atoms with Crippen LogP contribution in [0.5, 0.6) is 0 Å². The molecule has 170 valence electrons. The first-order valence-electron chi connectivity index (χ1n) is 10.5. The molecule has 4 aromatic rings. The van der Waals surface area contributed by atoms with Gasteiger partial charge in [0.25, 0.3) is 5.91 Å². The molecule has 0 atom stereocenters. The zero-order valence-corrected chi connectivity index (χ0v) is 18.6. The second kappa shape index (κ2) is 9.07. The van der Waals surface area contributed by atoms with Gasteiger partial charge in [0.1, 0.15) is 11.4 Å². The highest BCUT2D eigenvalue weighted by Crippen LogP contribution is 2.22. The fourth-order valence-electron chi connectivity index (χ4n) is 3.61. The zero-order valence-electron chi connectivity index (χ0n) is 18.6. The molecule has 11 nitrogen and oxygen atoms in total. The number of carbonyl (C=O) groups excluding carboxylic acids is 1. The summed E-state index contributed by atoms with van der Waals surface area (Å²) in [6, 6.07) is 7.06. The summed E-state index contributed by atoms with van der Waals surface area (Å²) in [5, 5.41) is 26.8. The Bertz CT molecular complexity index is 1300. The number of rotatable bonds is 8. The van der Waals surface area contributed by atoms with Crippen LogP contribution in [0.25, 0.3) is 0 Å². The van der Waals surface area contributed by atoms with Gasteiger partial charge in [0, 0.05) is 30.1 Å². The predicted octanol–water partition coefficient (Wildman–Crippen LogP) is 3.17. The van der Waals surface area contributed by atoms with Crippen LogP contribution in [0.1, 0.15) is 39.8 Å². The molecule has 3 aromatic heterocycles. The van der Waals surface area contributed by atoms with Crippen LogP contribution < -0.4 is 5.32 Å². The van der Waals surface area contributed by atoms with Gasteiger partial charge in [0.05, 0.1) is 36.1 Å². The Morgan fingerprint density at radius 3 is 2.39 bits per heavy atom. The molecule has 0 bridgehead atoms. The molecule has 0 aliphatic rings. The summed E-state index contributed by atoms with van der Waals surface area (Å²) in [4.78, 5) is 23.4. The van der Waals surface area contributed by atoms with Gasteiger partial charge in [-0.15, -0.1) is 0 Å². The highest BCUT2D eigenvalue weighted by atomic mass is 16.6. The van der Waals surface area contributed by atoms with Crippen LogP contribution in [0, 0.1) is 24.0 Å².